The maximum Gasteiger partial charge on any atom is 0.192 e. The van der Waals surface area contributed by atoms with Crippen molar-refractivity contribution >= 4 is 31.8 Å². The maximum absolute atomic E-state index is 11.0. The lowest BCUT2D eigenvalue weighted by Crippen LogP contribution is -2.47. The molecule has 1 heterocycles. The van der Waals surface area contributed by atoms with Crippen LogP contribution in [0.2, 0.25) is 18.1 Å². The fourth-order valence-corrected chi connectivity index (χ4v) is 11.0. The lowest BCUT2D eigenvalue weighted by atomic mass is 9.67. The summed E-state index contributed by atoms with van der Waals surface area (Å²) in [5.74, 6) is 3.84. The highest BCUT2D eigenvalue weighted by molar-refractivity contribution is 8.18. The van der Waals surface area contributed by atoms with E-state index in [-0.39, 0.29) is 22.7 Å². The quantitative estimate of drug-likeness (QED) is 0.467. The molecule has 5 heteroatoms. The summed E-state index contributed by atoms with van der Waals surface area (Å²) in [5, 5.41) is 11.3. The van der Waals surface area contributed by atoms with Crippen LogP contribution >= 0.6 is 23.5 Å². The summed E-state index contributed by atoms with van der Waals surface area (Å²) in [7, 11) is -1.76. The molecule has 3 fully saturated rings. The number of rotatable bonds is 2. The van der Waals surface area contributed by atoms with Gasteiger partial charge in [-0.05, 0) is 73.6 Å². The minimum absolute atomic E-state index is 0.0324. The predicted octanol–water partition coefficient (Wildman–Crippen LogP) is 5.68. The molecule has 1 aliphatic heterocycles. The highest BCUT2D eigenvalue weighted by Gasteiger charge is 2.67. The number of hydrogen-bond acceptors (Lipinski definition) is 4. The van der Waals surface area contributed by atoms with Gasteiger partial charge in [0, 0.05) is 5.41 Å². The molecular weight excluding hydrogens is 376 g/mol. The molecule has 0 aromatic carbocycles. The first-order valence-corrected chi connectivity index (χ1v) is 15.3. The summed E-state index contributed by atoms with van der Waals surface area (Å²) in [5.41, 5.74) is 0.0324. The maximum atomic E-state index is 11.0. The van der Waals surface area contributed by atoms with E-state index in [1.54, 1.807) is 0 Å². The number of aliphatic hydroxyl groups is 1. The average molecular weight is 413 g/mol. The largest absolute Gasteiger partial charge is 0.411 e. The normalized spacial score (nSPS) is 42.1. The molecule has 3 aliphatic carbocycles. The molecule has 1 saturated heterocycles. The highest BCUT2D eigenvalue weighted by atomic mass is 32.2. The summed E-state index contributed by atoms with van der Waals surface area (Å²) in [6.07, 6.45) is 10.8. The van der Waals surface area contributed by atoms with E-state index in [9.17, 15) is 5.11 Å². The molecule has 2 nitrogen and oxygen atoms in total. The Labute approximate surface area is 169 Å². The first-order chi connectivity index (χ1) is 12.1. The van der Waals surface area contributed by atoms with Crippen molar-refractivity contribution in [3.63, 3.8) is 0 Å². The van der Waals surface area contributed by atoms with Gasteiger partial charge >= 0.3 is 0 Å². The van der Waals surface area contributed by atoms with Gasteiger partial charge in [0.1, 0.15) is 0 Å². The third kappa shape index (κ3) is 2.90. The van der Waals surface area contributed by atoms with Gasteiger partial charge in [0.05, 0.1) is 16.3 Å². The van der Waals surface area contributed by atoms with Crippen molar-refractivity contribution in [2.45, 2.75) is 87.3 Å². The van der Waals surface area contributed by atoms with E-state index in [2.05, 4.69) is 69.5 Å². The van der Waals surface area contributed by atoms with Gasteiger partial charge in [-0.3, -0.25) is 0 Å². The fraction of sp³-hybridized carbons (Fsp3) is 0.905. The molecule has 26 heavy (non-hydrogen) atoms. The molecule has 2 saturated carbocycles. The molecule has 0 bridgehead atoms. The summed E-state index contributed by atoms with van der Waals surface area (Å²) in [6.45, 7) is 11.7. The molecule has 2 spiro atoms. The van der Waals surface area contributed by atoms with Crippen molar-refractivity contribution in [1.29, 1.82) is 0 Å². The van der Waals surface area contributed by atoms with E-state index in [0.29, 0.717) is 15.9 Å². The zero-order valence-corrected chi connectivity index (χ0v) is 19.7. The number of hydrogen-bond donors (Lipinski definition) is 1. The highest BCUT2D eigenvalue weighted by Crippen LogP contribution is 2.72. The van der Waals surface area contributed by atoms with Crippen LogP contribution in [-0.4, -0.2) is 41.2 Å². The van der Waals surface area contributed by atoms with E-state index in [1.165, 1.54) is 30.8 Å². The van der Waals surface area contributed by atoms with Gasteiger partial charge < -0.3 is 9.53 Å². The predicted molar refractivity (Wildman–Crippen MR) is 117 cm³/mol. The number of aliphatic hydroxyl groups excluding tert-OH is 1. The van der Waals surface area contributed by atoms with Gasteiger partial charge in [-0.15, -0.1) is 23.5 Å². The smallest absolute Gasteiger partial charge is 0.192 e. The molecule has 148 valence electrons. The minimum atomic E-state index is -1.76. The average Bonchev–Trinajstić information content (AvgIpc) is 3.01. The monoisotopic (exact) mass is 412 g/mol. The zero-order chi connectivity index (χ0) is 18.8. The van der Waals surface area contributed by atoms with Gasteiger partial charge in [0.25, 0.3) is 0 Å². The molecule has 0 aromatic heterocycles. The Morgan fingerprint density at radius 3 is 2.50 bits per heavy atom. The van der Waals surface area contributed by atoms with Crippen LogP contribution in [0.5, 0.6) is 0 Å². The molecule has 5 atom stereocenters. The second kappa shape index (κ2) is 6.55. The van der Waals surface area contributed by atoms with Crippen LogP contribution in [-0.2, 0) is 4.43 Å². The zero-order valence-electron chi connectivity index (χ0n) is 17.1. The van der Waals surface area contributed by atoms with Crippen molar-refractivity contribution in [2.75, 3.05) is 11.5 Å². The Balaban J connectivity index is 1.60. The number of fused-ring (bicyclic) bond motifs is 1. The second-order valence-corrected chi connectivity index (χ2v) is 18.3. The Morgan fingerprint density at radius 2 is 1.85 bits per heavy atom. The van der Waals surface area contributed by atoms with E-state index < -0.39 is 8.32 Å². The van der Waals surface area contributed by atoms with E-state index in [4.69, 9.17) is 4.43 Å². The van der Waals surface area contributed by atoms with E-state index in [0.717, 1.165) is 12.8 Å². The summed E-state index contributed by atoms with van der Waals surface area (Å²) in [6, 6.07) is 0. The molecule has 0 unspecified atom stereocenters. The Kier molecular flexibility index (Phi) is 5.00. The van der Waals surface area contributed by atoms with Crippen LogP contribution in [0.1, 0.15) is 52.9 Å². The third-order valence-corrected chi connectivity index (χ3v) is 16.1. The summed E-state index contributed by atoms with van der Waals surface area (Å²) < 4.78 is 7.12. The molecule has 0 amide bonds. The second-order valence-electron chi connectivity index (χ2n) is 10.4. The lowest BCUT2D eigenvalue weighted by Gasteiger charge is -2.45. The van der Waals surface area contributed by atoms with Crippen molar-refractivity contribution < 1.29 is 9.53 Å². The SMILES string of the molecule is CC(C)(C)[Si](C)(C)O[C@@H]1C=C[C@@]23[C@@H](C1)CC1(SCCCS1)[C@@H]2CC[C@H]3O. The van der Waals surface area contributed by atoms with Crippen LogP contribution in [0.15, 0.2) is 12.2 Å². The summed E-state index contributed by atoms with van der Waals surface area (Å²) in [4.78, 5) is 0. The first kappa shape index (κ1) is 19.9. The van der Waals surface area contributed by atoms with Crippen LogP contribution in [0, 0.1) is 17.3 Å². The topological polar surface area (TPSA) is 29.5 Å². The standard InChI is InChI=1S/C21H36O2S2Si/c1-19(2,3)26(4,5)23-16-9-10-20-15(13-16)14-21(24-11-6-12-25-21)17(20)7-8-18(20)22/h9-10,15-18,22H,6-8,11-14H2,1-5H3/t15-,16+,17+,18+,20+/m0/s1. The lowest BCUT2D eigenvalue weighted by molar-refractivity contribution is 0.0190. The Morgan fingerprint density at radius 1 is 1.15 bits per heavy atom. The molecule has 4 rings (SSSR count). The van der Waals surface area contributed by atoms with E-state index >= 15 is 0 Å². The van der Waals surface area contributed by atoms with Gasteiger partial charge in [-0.2, -0.15) is 0 Å². The van der Waals surface area contributed by atoms with Gasteiger partial charge in [-0.1, -0.05) is 32.9 Å². The van der Waals surface area contributed by atoms with Crippen molar-refractivity contribution in [2.24, 2.45) is 17.3 Å². The molecule has 0 aromatic rings. The minimum Gasteiger partial charge on any atom is -0.411 e. The molecule has 4 aliphatic rings. The van der Waals surface area contributed by atoms with Crippen molar-refractivity contribution in [3.05, 3.63) is 12.2 Å². The van der Waals surface area contributed by atoms with Crippen LogP contribution in [0.25, 0.3) is 0 Å². The van der Waals surface area contributed by atoms with Crippen LogP contribution < -0.4 is 0 Å². The van der Waals surface area contributed by atoms with E-state index in [1.807, 2.05) is 0 Å². The Bertz CT molecular complexity index is 579. The van der Waals surface area contributed by atoms with Crippen LogP contribution in [0.3, 0.4) is 0 Å². The number of thioether (sulfide) groups is 2. The summed E-state index contributed by atoms with van der Waals surface area (Å²) >= 11 is 4.43. The Hall–Kier alpha value is 0.577. The third-order valence-electron chi connectivity index (χ3n) is 8.03. The van der Waals surface area contributed by atoms with Gasteiger partial charge in [0.15, 0.2) is 8.32 Å². The van der Waals surface area contributed by atoms with Gasteiger partial charge in [-0.25, -0.2) is 0 Å². The fourth-order valence-electron chi connectivity index (χ4n) is 5.71. The van der Waals surface area contributed by atoms with Gasteiger partial charge in [0.2, 0.25) is 0 Å². The van der Waals surface area contributed by atoms with Crippen LogP contribution in [0.4, 0.5) is 0 Å². The molecular formula is C21H36O2S2Si. The van der Waals surface area contributed by atoms with Crippen molar-refractivity contribution in [1.82, 2.24) is 0 Å². The first-order valence-electron chi connectivity index (χ1n) is 10.4. The molecule has 0 radical (unpaired) electrons. The van der Waals surface area contributed by atoms with Crippen molar-refractivity contribution in [3.8, 4) is 0 Å². The molecule has 1 N–H and O–H groups in total.